The van der Waals surface area contributed by atoms with Crippen LogP contribution in [0.2, 0.25) is 0 Å². The Balaban J connectivity index is 1.65. The van der Waals surface area contributed by atoms with E-state index in [1.54, 1.807) is 4.90 Å². The van der Waals surface area contributed by atoms with Crippen LogP contribution in [-0.4, -0.2) is 36.6 Å². The lowest BCUT2D eigenvalue weighted by Gasteiger charge is -2.33. The Hall–Kier alpha value is -2.34. The number of amides is 1. The van der Waals surface area contributed by atoms with Crippen LogP contribution in [0.15, 0.2) is 54.6 Å². The molecule has 1 aliphatic rings. The SMILES string of the molecule is O=C(c1ccc(C(F)(F)F)cc1)N1CCOC(Cc2ccccc2)C1. The first-order valence-corrected chi connectivity index (χ1v) is 8.05. The van der Waals surface area contributed by atoms with Crippen LogP contribution in [0.25, 0.3) is 0 Å². The number of halogens is 3. The van der Waals surface area contributed by atoms with Crippen molar-refractivity contribution in [2.45, 2.75) is 18.7 Å². The zero-order chi connectivity index (χ0) is 17.9. The van der Waals surface area contributed by atoms with E-state index in [-0.39, 0.29) is 17.6 Å². The number of nitrogens with zero attached hydrogens (tertiary/aromatic N) is 1. The second kappa shape index (κ2) is 7.27. The molecule has 2 aromatic carbocycles. The van der Waals surface area contributed by atoms with E-state index in [9.17, 15) is 18.0 Å². The molecule has 1 fully saturated rings. The molecule has 3 nitrogen and oxygen atoms in total. The zero-order valence-electron chi connectivity index (χ0n) is 13.5. The van der Waals surface area contributed by atoms with Crippen molar-refractivity contribution in [2.75, 3.05) is 19.7 Å². The second-order valence-corrected chi connectivity index (χ2v) is 6.01. The number of rotatable bonds is 3. The molecule has 6 heteroatoms. The van der Waals surface area contributed by atoms with Gasteiger partial charge in [0.05, 0.1) is 18.3 Å². The largest absolute Gasteiger partial charge is 0.416 e. The van der Waals surface area contributed by atoms with Gasteiger partial charge in [0.1, 0.15) is 0 Å². The number of benzene rings is 2. The molecular weight excluding hydrogens is 331 g/mol. The van der Waals surface area contributed by atoms with Gasteiger partial charge in [-0.05, 0) is 29.8 Å². The lowest BCUT2D eigenvalue weighted by molar-refractivity contribution is -0.137. The summed E-state index contributed by atoms with van der Waals surface area (Å²) < 4.78 is 43.6. The van der Waals surface area contributed by atoms with Gasteiger partial charge >= 0.3 is 6.18 Å². The molecule has 132 valence electrons. The van der Waals surface area contributed by atoms with Crippen LogP contribution >= 0.6 is 0 Å². The minimum Gasteiger partial charge on any atom is -0.374 e. The monoisotopic (exact) mass is 349 g/mol. The van der Waals surface area contributed by atoms with Crippen LogP contribution in [0.3, 0.4) is 0 Å². The van der Waals surface area contributed by atoms with Gasteiger partial charge in [-0.3, -0.25) is 4.79 Å². The molecule has 1 saturated heterocycles. The maximum atomic E-state index is 12.6. The molecule has 1 atom stereocenters. The molecule has 0 aromatic heterocycles. The Kier molecular flexibility index (Phi) is 5.08. The highest BCUT2D eigenvalue weighted by Gasteiger charge is 2.31. The molecule has 0 bridgehead atoms. The molecule has 1 amide bonds. The second-order valence-electron chi connectivity index (χ2n) is 6.01. The average molecular weight is 349 g/mol. The highest BCUT2D eigenvalue weighted by atomic mass is 19.4. The van der Waals surface area contributed by atoms with E-state index in [1.165, 1.54) is 12.1 Å². The van der Waals surface area contributed by atoms with Crippen molar-refractivity contribution < 1.29 is 22.7 Å². The number of hydrogen-bond donors (Lipinski definition) is 0. The average Bonchev–Trinajstić information content (AvgIpc) is 2.61. The summed E-state index contributed by atoms with van der Waals surface area (Å²) in [7, 11) is 0. The molecular formula is C19H18F3NO2. The summed E-state index contributed by atoms with van der Waals surface area (Å²) in [6, 6.07) is 14.2. The van der Waals surface area contributed by atoms with E-state index < -0.39 is 11.7 Å². The van der Waals surface area contributed by atoms with Crippen LogP contribution in [0.1, 0.15) is 21.5 Å². The molecule has 25 heavy (non-hydrogen) atoms. The summed E-state index contributed by atoms with van der Waals surface area (Å²) in [4.78, 5) is 14.2. The Labute approximate surface area is 144 Å². The number of ether oxygens (including phenoxy) is 1. The van der Waals surface area contributed by atoms with Crippen molar-refractivity contribution >= 4 is 5.91 Å². The van der Waals surface area contributed by atoms with Crippen molar-refractivity contribution in [3.05, 3.63) is 71.3 Å². The van der Waals surface area contributed by atoms with E-state index >= 15 is 0 Å². The highest BCUT2D eigenvalue weighted by molar-refractivity contribution is 5.94. The van der Waals surface area contributed by atoms with Crippen molar-refractivity contribution in [3.8, 4) is 0 Å². The Bertz CT molecular complexity index is 714. The highest BCUT2D eigenvalue weighted by Crippen LogP contribution is 2.29. The van der Waals surface area contributed by atoms with Gasteiger partial charge in [0.25, 0.3) is 5.91 Å². The molecule has 0 N–H and O–H groups in total. The zero-order valence-corrected chi connectivity index (χ0v) is 13.5. The Morgan fingerprint density at radius 3 is 2.40 bits per heavy atom. The fraction of sp³-hybridized carbons (Fsp3) is 0.316. The van der Waals surface area contributed by atoms with Gasteiger partial charge in [-0.15, -0.1) is 0 Å². The number of alkyl halides is 3. The maximum Gasteiger partial charge on any atom is 0.416 e. The van der Waals surface area contributed by atoms with Crippen molar-refractivity contribution in [3.63, 3.8) is 0 Å². The van der Waals surface area contributed by atoms with E-state index in [0.717, 1.165) is 17.7 Å². The minimum absolute atomic E-state index is 0.116. The van der Waals surface area contributed by atoms with E-state index in [0.29, 0.717) is 26.1 Å². The van der Waals surface area contributed by atoms with Gasteiger partial charge in [-0.25, -0.2) is 0 Å². The van der Waals surface area contributed by atoms with Crippen LogP contribution in [0.5, 0.6) is 0 Å². The van der Waals surface area contributed by atoms with Crippen molar-refractivity contribution in [1.29, 1.82) is 0 Å². The van der Waals surface area contributed by atoms with Gasteiger partial charge in [0.15, 0.2) is 0 Å². The smallest absolute Gasteiger partial charge is 0.374 e. The summed E-state index contributed by atoms with van der Waals surface area (Å²) in [5.41, 5.74) is 0.623. The maximum absolute atomic E-state index is 12.6. The normalized spacial score (nSPS) is 18.2. The van der Waals surface area contributed by atoms with Crippen LogP contribution in [0.4, 0.5) is 13.2 Å². The van der Waals surface area contributed by atoms with Crippen LogP contribution in [0, 0.1) is 0 Å². The standard InChI is InChI=1S/C19H18F3NO2/c20-19(21,22)16-8-6-15(7-9-16)18(24)23-10-11-25-17(13-23)12-14-4-2-1-3-5-14/h1-9,17H,10-13H2. The lowest BCUT2D eigenvalue weighted by atomic mass is 10.1. The van der Waals surface area contributed by atoms with Gasteiger partial charge in [0, 0.05) is 25.1 Å². The quantitative estimate of drug-likeness (QED) is 0.844. The first-order chi connectivity index (χ1) is 11.9. The molecule has 0 aliphatic carbocycles. The summed E-state index contributed by atoms with van der Waals surface area (Å²) >= 11 is 0. The minimum atomic E-state index is -4.40. The van der Waals surface area contributed by atoms with Gasteiger partial charge in [-0.2, -0.15) is 13.2 Å². The molecule has 3 rings (SSSR count). The predicted molar refractivity (Wildman–Crippen MR) is 87.2 cm³/mol. The summed E-state index contributed by atoms with van der Waals surface area (Å²) in [6.07, 6.45) is -3.83. The summed E-state index contributed by atoms with van der Waals surface area (Å²) in [6.45, 7) is 1.28. The first kappa shape index (κ1) is 17.5. The first-order valence-electron chi connectivity index (χ1n) is 8.05. The van der Waals surface area contributed by atoms with E-state index in [4.69, 9.17) is 4.74 Å². The molecule has 2 aromatic rings. The third kappa shape index (κ3) is 4.39. The fourth-order valence-electron chi connectivity index (χ4n) is 2.89. The van der Waals surface area contributed by atoms with E-state index in [1.807, 2.05) is 30.3 Å². The molecule has 0 saturated carbocycles. The summed E-state index contributed by atoms with van der Waals surface area (Å²) in [5.74, 6) is -0.268. The number of carbonyl (C=O) groups is 1. The van der Waals surface area contributed by atoms with Crippen molar-refractivity contribution in [1.82, 2.24) is 4.90 Å². The molecule has 1 unspecified atom stereocenters. The number of hydrogen-bond acceptors (Lipinski definition) is 2. The molecule has 0 spiro atoms. The third-order valence-electron chi connectivity index (χ3n) is 4.19. The predicted octanol–water partition coefficient (Wildman–Crippen LogP) is 3.79. The summed E-state index contributed by atoms with van der Waals surface area (Å²) in [5, 5.41) is 0. The van der Waals surface area contributed by atoms with Gasteiger partial charge in [-0.1, -0.05) is 30.3 Å². The van der Waals surface area contributed by atoms with Gasteiger partial charge in [0.2, 0.25) is 0 Å². The Morgan fingerprint density at radius 2 is 1.76 bits per heavy atom. The molecule has 1 heterocycles. The van der Waals surface area contributed by atoms with Crippen molar-refractivity contribution in [2.24, 2.45) is 0 Å². The van der Waals surface area contributed by atoms with Gasteiger partial charge < -0.3 is 9.64 Å². The third-order valence-corrected chi connectivity index (χ3v) is 4.19. The lowest BCUT2D eigenvalue weighted by Crippen LogP contribution is -2.46. The number of carbonyl (C=O) groups excluding carboxylic acids is 1. The molecule has 1 aliphatic heterocycles. The fourth-order valence-corrected chi connectivity index (χ4v) is 2.89. The van der Waals surface area contributed by atoms with Crippen LogP contribution in [-0.2, 0) is 17.3 Å². The number of morpholine rings is 1. The van der Waals surface area contributed by atoms with Crippen LogP contribution < -0.4 is 0 Å². The topological polar surface area (TPSA) is 29.5 Å². The van der Waals surface area contributed by atoms with E-state index in [2.05, 4.69) is 0 Å². The molecule has 0 radical (unpaired) electrons. The Morgan fingerprint density at radius 1 is 1.08 bits per heavy atom.